The van der Waals surface area contributed by atoms with Crippen LogP contribution in [0.2, 0.25) is 0 Å². The van der Waals surface area contributed by atoms with E-state index in [0.29, 0.717) is 0 Å². The monoisotopic (exact) mass is 643 g/mol. The van der Waals surface area contributed by atoms with Gasteiger partial charge in [0.1, 0.15) is 0 Å². The molecule has 0 aromatic heterocycles. The van der Waals surface area contributed by atoms with Gasteiger partial charge in [0.2, 0.25) is 0 Å². The molecule has 0 unspecified atom stereocenters. The molecule has 0 bridgehead atoms. The predicted octanol–water partition coefficient (Wildman–Crippen LogP) is 13.2. The maximum atomic E-state index is 2.56. The molecule has 0 atom stereocenters. The molecule has 0 saturated heterocycles. The first-order chi connectivity index (χ1) is 24.1. The third-order valence-corrected chi connectivity index (χ3v) is 12.5. The molecule has 0 aliphatic heterocycles. The fourth-order valence-electron chi connectivity index (χ4n) is 9.81. The Bertz CT molecular complexity index is 2470. The van der Waals surface area contributed by atoms with Crippen LogP contribution < -0.4 is 4.90 Å². The molecule has 0 spiro atoms. The van der Waals surface area contributed by atoms with Gasteiger partial charge >= 0.3 is 0 Å². The predicted molar refractivity (Wildman–Crippen MR) is 211 cm³/mol. The van der Waals surface area contributed by atoms with Gasteiger partial charge in [-0.25, -0.2) is 0 Å². The maximum Gasteiger partial charge on any atom is 0.0543 e. The van der Waals surface area contributed by atoms with Crippen molar-refractivity contribution in [3.8, 4) is 33.4 Å². The summed E-state index contributed by atoms with van der Waals surface area (Å²) in [5.74, 6) is 0. The highest BCUT2D eigenvalue weighted by atomic mass is 15.1. The average molecular weight is 644 g/mol. The molecule has 1 heteroatoms. The van der Waals surface area contributed by atoms with E-state index < -0.39 is 0 Å². The van der Waals surface area contributed by atoms with Crippen molar-refractivity contribution in [1.29, 1.82) is 0 Å². The summed E-state index contributed by atoms with van der Waals surface area (Å²) >= 11 is 0. The fourth-order valence-corrected chi connectivity index (χ4v) is 9.81. The summed E-state index contributed by atoms with van der Waals surface area (Å²) in [7, 11) is 0. The number of benzene rings is 7. The van der Waals surface area contributed by atoms with Crippen molar-refractivity contribution < 1.29 is 0 Å². The average Bonchev–Trinajstić information content (AvgIpc) is 3.61. The van der Waals surface area contributed by atoms with E-state index in [1.807, 2.05) is 0 Å². The molecule has 7 aromatic carbocycles. The number of hydrogen-bond donors (Lipinski definition) is 0. The lowest BCUT2D eigenvalue weighted by atomic mass is 9.81. The molecule has 10 rings (SSSR count). The van der Waals surface area contributed by atoms with Crippen molar-refractivity contribution in [2.75, 3.05) is 4.90 Å². The van der Waals surface area contributed by atoms with E-state index in [4.69, 9.17) is 0 Å². The lowest BCUT2D eigenvalue weighted by Gasteiger charge is -2.32. The first-order valence-electron chi connectivity index (χ1n) is 18.0. The van der Waals surface area contributed by atoms with Crippen LogP contribution in [-0.2, 0) is 16.2 Å². The number of hydrogen-bond acceptors (Lipinski definition) is 1. The minimum Gasteiger partial charge on any atom is -0.310 e. The molecule has 0 amide bonds. The lowest BCUT2D eigenvalue weighted by molar-refractivity contribution is 0.659. The summed E-state index contributed by atoms with van der Waals surface area (Å²) < 4.78 is 0. The molecule has 7 aromatic rings. The normalized spacial score (nSPS) is 16.3. The molecule has 0 N–H and O–H groups in total. The van der Waals surface area contributed by atoms with Gasteiger partial charge in [0.05, 0.1) is 5.69 Å². The van der Waals surface area contributed by atoms with Gasteiger partial charge in [0.25, 0.3) is 0 Å². The third-order valence-electron chi connectivity index (χ3n) is 12.5. The van der Waals surface area contributed by atoms with Gasteiger partial charge in [-0.1, -0.05) is 151 Å². The molecule has 242 valence electrons. The number of rotatable bonds is 3. The Morgan fingerprint density at radius 1 is 0.340 bits per heavy atom. The Balaban J connectivity index is 1.26. The molecule has 1 nitrogen and oxygen atoms in total. The van der Waals surface area contributed by atoms with E-state index in [-0.39, 0.29) is 16.2 Å². The molecule has 0 saturated carbocycles. The number of fused-ring (bicyclic) bond motifs is 11. The zero-order chi connectivity index (χ0) is 34.2. The van der Waals surface area contributed by atoms with Crippen molar-refractivity contribution >= 4 is 27.8 Å². The zero-order valence-electron chi connectivity index (χ0n) is 29.7. The van der Waals surface area contributed by atoms with E-state index in [2.05, 4.69) is 186 Å². The van der Waals surface area contributed by atoms with Gasteiger partial charge < -0.3 is 4.90 Å². The first kappa shape index (κ1) is 29.5. The summed E-state index contributed by atoms with van der Waals surface area (Å²) in [6.45, 7) is 14.3. The van der Waals surface area contributed by atoms with E-state index in [9.17, 15) is 0 Å². The topological polar surface area (TPSA) is 3.24 Å². The number of nitrogens with zero attached hydrogens (tertiary/aromatic N) is 1. The van der Waals surface area contributed by atoms with Crippen LogP contribution in [0, 0.1) is 0 Å². The first-order valence-corrected chi connectivity index (χ1v) is 18.0. The van der Waals surface area contributed by atoms with Crippen LogP contribution in [0.1, 0.15) is 74.9 Å². The van der Waals surface area contributed by atoms with Gasteiger partial charge in [-0.15, -0.1) is 0 Å². The quantitative estimate of drug-likeness (QED) is 0.185. The van der Waals surface area contributed by atoms with Gasteiger partial charge in [0.15, 0.2) is 0 Å². The lowest BCUT2D eigenvalue weighted by Crippen LogP contribution is -2.19. The standard InChI is InChI=1S/C49H41N/c1-47(2)39-20-12-9-15-32(39)34-25-23-30(27-42(34)47)50(31-24-26-35-33-16-10-13-21-40(33)48(3,4)43(35)28-31)45-29-44-46(37-18-8-7-17-36(37)45)38-19-11-14-22-41(38)49(44,5)6/h7-29H,1-6H3. The summed E-state index contributed by atoms with van der Waals surface area (Å²) in [4.78, 5) is 2.56. The van der Waals surface area contributed by atoms with E-state index in [1.165, 1.54) is 94.6 Å². The van der Waals surface area contributed by atoms with E-state index >= 15 is 0 Å². The second kappa shape index (κ2) is 9.86. The highest BCUT2D eigenvalue weighted by Crippen LogP contribution is 2.57. The van der Waals surface area contributed by atoms with Crippen molar-refractivity contribution in [3.63, 3.8) is 0 Å². The fraction of sp³-hybridized carbons (Fsp3) is 0.184. The third kappa shape index (κ3) is 3.73. The molecule has 3 aliphatic carbocycles. The van der Waals surface area contributed by atoms with Crippen LogP contribution in [0.15, 0.2) is 140 Å². The Morgan fingerprint density at radius 3 is 1.28 bits per heavy atom. The highest BCUT2D eigenvalue weighted by molar-refractivity contribution is 6.10. The molecule has 50 heavy (non-hydrogen) atoms. The van der Waals surface area contributed by atoms with E-state index in [0.717, 1.165) is 0 Å². The SMILES string of the molecule is CC1(C)c2ccccc2-c2ccc(N(c3ccc4c(c3)C(C)(C)c3ccccc3-4)c3cc4c(c5ccccc35)-c3ccccc3C4(C)C)cc21. The van der Waals surface area contributed by atoms with Crippen LogP contribution in [0.4, 0.5) is 17.1 Å². The molecule has 3 aliphatic rings. The second-order valence-corrected chi connectivity index (χ2v) is 16.2. The van der Waals surface area contributed by atoms with Crippen LogP contribution in [0.5, 0.6) is 0 Å². The summed E-state index contributed by atoms with van der Waals surface area (Å²) in [6, 6.07) is 52.9. The minimum absolute atomic E-state index is 0.0984. The van der Waals surface area contributed by atoms with Gasteiger partial charge in [-0.2, -0.15) is 0 Å². The Hall–Kier alpha value is -5.40. The van der Waals surface area contributed by atoms with Crippen molar-refractivity contribution in [3.05, 3.63) is 173 Å². The molecule has 0 heterocycles. The summed E-state index contributed by atoms with van der Waals surface area (Å²) in [5, 5.41) is 2.58. The molecular weight excluding hydrogens is 603 g/mol. The van der Waals surface area contributed by atoms with Crippen LogP contribution in [0.25, 0.3) is 44.2 Å². The Kier molecular flexibility index (Phi) is 5.82. The Morgan fingerprint density at radius 2 is 0.740 bits per heavy atom. The molecule has 0 fully saturated rings. The highest BCUT2D eigenvalue weighted by Gasteiger charge is 2.40. The van der Waals surface area contributed by atoms with Crippen LogP contribution in [0.3, 0.4) is 0 Å². The smallest absolute Gasteiger partial charge is 0.0543 e. The largest absolute Gasteiger partial charge is 0.310 e. The minimum atomic E-state index is -0.125. The van der Waals surface area contributed by atoms with Gasteiger partial charge in [-0.3, -0.25) is 0 Å². The Labute approximate surface area is 295 Å². The second-order valence-electron chi connectivity index (χ2n) is 16.2. The number of anilines is 3. The van der Waals surface area contributed by atoms with Crippen molar-refractivity contribution in [2.24, 2.45) is 0 Å². The van der Waals surface area contributed by atoms with E-state index in [1.54, 1.807) is 0 Å². The molecular formula is C49H41N. The molecule has 0 radical (unpaired) electrons. The zero-order valence-corrected chi connectivity index (χ0v) is 29.7. The van der Waals surface area contributed by atoms with Gasteiger partial charge in [0, 0.05) is 33.0 Å². The van der Waals surface area contributed by atoms with Crippen LogP contribution in [-0.4, -0.2) is 0 Å². The van der Waals surface area contributed by atoms with Crippen molar-refractivity contribution in [2.45, 2.75) is 57.8 Å². The summed E-state index contributed by atoms with van der Waals surface area (Å²) in [6.07, 6.45) is 0. The van der Waals surface area contributed by atoms with Crippen LogP contribution >= 0.6 is 0 Å². The van der Waals surface area contributed by atoms with Crippen molar-refractivity contribution in [1.82, 2.24) is 0 Å². The van der Waals surface area contributed by atoms with Gasteiger partial charge in [-0.05, 0) is 102 Å². The summed E-state index contributed by atoms with van der Waals surface area (Å²) in [5.41, 5.74) is 19.8. The maximum absolute atomic E-state index is 2.56.